The molecule has 8 nitrogen and oxygen atoms in total. The highest BCUT2D eigenvalue weighted by molar-refractivity contribution is 5.98. The number of hydrogen-bond donors (Lipinski definition) is 1. The second kappa shape index (κ2) is 11.8. The average molecular weight is 461 g/mol. The fraction of sp³-hybridized carbons (Fsp3) is 0.308. The number of benzene rings is 1. The molecule has 0 saturated heterocycles. The maximum atomic E-state index is 13.5. The SMILES string of the molecule is O=C(CN1CCCCCCOc2ccccc2Oc2ncccc2C1=O)NCc1cccnc1. The Labute approximate surface area is 198 Å². The van der Waals surface area contributed by atoms with Crippen LogP contribution >= 0.6 is 0 Å². The van der Waals surface area contributed by atoms with Crippen molar-refractivity contribution in [3.63, 3.8) is 0 Å². The Bertz CT molecular complexity index is 1110. The Morgan fingerprint density at radius 3 is 2.65 bits per heavy atom. The topological polar surface area (TPSA) is 93.7 Å². The molecule has 3 aromatic rings. The zero-order chi connectivity index (χ0) is 23.6. The lowest BCUT2D eigenvalue weighted by Crippen LogP contribution is -2.41. The second-order valence-electron chi connectivity index (χ2n) is 8.03. The molecule has 0 spiro atoms. The van der Waals surface area contributed by atoms with Crippen molar-refractivity contribution in [2.45, 2.75) is 32.2 Å². The number of hydrogen-bond acceptors (Lipinski definition) is 6. The molecule has 2 aromatic heterocycles. The van der Waals surface area contributed by atoms with E-state index in [9.17, 15) is 9.59 Å². The summed E-state index contributed by atoms with van der Waals surface area (Å²) in [6, 6.07) is 14.4. The van der Waals surface area contributed by atoms with Crippen molar-refractivity contribution in [1.29, 1.82) is 0 Å². The molecule has 0 bridgehead atoms. The number of carbonyl (C=O) groups excluding carboxylic acids is 2. The van der Waals surface area contributed by atoms with Gasteiger partial charge in [0.15, 0.2) is 11.5 Å². The molecule has 0 atom stereocenters. The molecule has 1 aliphatic heterocycles. The summed E-state index contributed by atoms with van der Waals surface area (Å²) in [5.41, 5.74) is 1.20. The van der Waals surface area contributed by atoms with Crippen molar-refractivity contribution >= 4 is 11.8 Å². The molecule has 1 aromatic carbocycles. The summed E-state index contributed by atoms with van der Waals surface area (Å²) in [5.74, 6) is 0.753. The Morgan fingerprint density at radius 2 is 1.79 bits per heavy atom. The maximum Gasteiger partial charge on any atom is 0.259 e. The summed E-state index contributed by atoms with van der Waals surface area (Å²) in [6.45, 7) is 1.35. The zero-order valence-corrected chi connectivity index (χ0v) is 19.0. The van der Waals surface area contributed by atoms with Gasteiger partial charge in [-0.2, -0.15) is 0 Å². The molecule has 3 heterocycles. The standard InChI is InChI=1S/C26H28N4O4/c31-24(29-18-20-9-7-13-27-17-20)19-30-15-5-1-2-6-16-33-22-11-3-4-12-23(22)34-25-21(26(30)32)10-8-14-28-25/h3-4,7-14,17H,1-2,5-6,15-16,18-19H2,(H,29,31). The lowest BCUT2D eigenvalue weighted by atomic mass is 10.1. The lowest BCUT2D eigenvalue weighted by molar-refractivity contribution is -0.122. The van der Waals surface area contributed by atoms with Crippen LogP contribution in [0.15, 0.2) is 67.1 Å². The first-order valence-corrected chi connectivity index (χ1v) is 11.5. The van der Waals surface area contributed by atoms with Crippen molar-refractivity contribution in [2.24, 2.45) is 0 Å². The minimum atomic E-state index is -0.296. The van der Waals surface area contributed by atoms with Gasteiger partial charge in [0, 0.05) is 31.7 Å². The molecule has 0 aliphatic carbocycles. The van der Waals surface area contributed by atoms with Crippen LogP contribution in [-0.2, 0) is 11.3 Å². The van der Waals surface area contributed by atoms with Crippen LogP contribution in [0.2, 0.25) is 0 Å². The molecule has 0 unspecified atom stereocenters. The van der Waals surface area contributed by atoms with Crippen LogP contribution in [0.4, 0.5) is 0 Å². The molecule has 4 rings (SSSR count). The van der Waals surface area contributed by atoms with Crippen molar-refractivity contribution in [3.05, 3.63) is 78.2 Å². The van der Waals surface area contributed by atoms with Crippen LogP contribution < -0.4 is 14.8 Å². The van der Waals surface area contributed by atoms with E-state index in [0.29, 0.717) is 36.8 Å². The Kier molecular flexibility index (Phi) is 8.05. The molecule has 176 valence electrons. The van der Waals surface area contributed by atoms with E-state index in [2.05, 4.69) is 15.3 Å². The van der Waals surface area contributed by atoms with Crippen LogP contribution in [0.5, 0.6) is 17.4 Å². The minimum Gasteiger partial charge on any atom is -0.490 e. The van der Waals surface area contributed by atoms with E-state index in [1.807, 2.05) is 30.3 Å². The molecular formula is C26H28N4O4. The van der Waals surface area contributed by atoms with Crippen molar-refractivity contribution < 1.29 is 19.1 Å². The molecule has 2 amide bonds. The molecule has 0 fully saturated rings. The number of rotatable bonds is 4. The van der Waals surface area contributed by atoms with Crippen LogP contribution in [-0.4, -0.2) is 46.4 Å². The number of nitrogens with one attached hydrogen (secondary N) is 1. The first-order chi connectivity index (χ1) is 16.7. The number of ether oxygens (including phenoxy) is 2. The number of aromatic nitrogens is 2. The number of pyridine rings is 2. The van der Waals surface area contributed by atoms with E-state index < -0.39 is 0 Å². The van der Waals surface area contributed by atoms with E-state index in [1.54, 1.807) is 41.7 Å². The normalized spacial score (nSPS) is 14.6. The fourth-order valence-electron chi connectivity index (χ4n) is 3.69. The number of nitrogens with zero attached hydrogens (tertiary/aromatic N) is 3. The zero-order valence-electron chi connectivity index (χ0n) is 19.0. The maximum absolute atomic E-state index is 13.5. The van der Waals surface area contributed by atoms with E-state index >= 15 is 0 Å². The molecule has 1 aliphatic rings. The number of carbonyl (C=O) groups is 2. The van der Waals surface area contributed by atoms with Crippen LogP contribution in [0, 0.1) is 0 Å². The summed E-state index contributed by atoms with van der Waals surface area (Å²) in [7, 11) is 0. The van der Waals surface area contributed by atoms with Gasteiger partial charge in [0.05, 0.1) is 13.2 Å². The number of fused-ring (bicyclic) bond motifs is 2. The summed E-state index contributed by atoms with van der Waals surface area (Å²) >= 11 is 0. The fourth-order valence-corrected chi connectivity index (χ4v) is 3.69. The number of para-hydroxylation sites is 2. The average Bonchev–Trinajstić information content (AvgIpc) is 2.87. The highest BCUT2D eigenvalue weighted by atomic mass is 16.5. The van der Waals surface area contributed by atoms with E-state index in [1.165, 1.54) is 0 Å². The third-order valence-corrected chi connectivity index (χ3v) is 5.47. The first-order valence-electron chi connectivity index (χ1n) is 11.5. The van der Waals surface area contributed by atoms with E-state index in [-0.39, 0.29) is 24.2 Å². The minimum absolute atomic E-state index is 0.0485. The van der Waals surface area contributed by atoms with Gasteiger partial charge in [-0.05, 0) is 48.7 Å². The van der Waals surface area contributed by atoms with Gasteiger partial charge in [-0.25, -0.2) is 4.98 Å². The molecule has 0 saturated carbocycles. The van der Waals surface area contributed by atoms with Gasteiger partial charge in [0.2, 0.25) is 11.8 Å². The van der Waals surface area contributed by atoms with Gasteiger partial charge in [-0.3, -0.25) is 14.6 Å². The van der Waals surface area contributed by atoms with E-state index in [4.69, 9.17) is 9.47 Å². The van der Waals surface area contributed by atoms with Gasteiger partial charge in [-0.15, -0.1) is 0 Å². The quantitative estimate of drug-likeness (QED) is 0.633. The van der Waals surface area contributed by atoms with E-state index in [0.717, 1.165) is 31.2 Å². The second-order valence-corrected chi connectivity index (χ2v) is 8.03. The van der Waals surface area contributed by atoms with Crippen molar-refractivity contribution in [3.8, 4) is 17.4 Å². The smallest absolute Gasteiger partial charge is 0.259 e. The molecule has 8 heteroatoms. The first kappa shape index (κ1) is 23.2. The highest BCUT2D eigenvalue weighted by Gasteiger charge is 2.23. The van der Waals surface area contributed by atoms with Crippen LogP contribution in [0.3, 0.4) is 0 Å². The highest BCUT2D eigenvalue weighted by Crippen LogP contribution is 2.32. The van der Waals surface area contributed by atoms with Crippen molar-refractivity contribution in [1.82, 2.24) is 20.2 Å². The Hall–Kier alpha value is -3.94. The summed E-state index contributed by atoms with van der Waals surface area (Å²) in [6.07, 6.45) is 8.54. The predicted molar refractivity (Wildman–Crippen MR) is 127 cm³/mol. The predicted octanol–water partition coefficient (Wildman–Crippen LogP) is 3.98. The summed E-state index contributed by atoms with van der Waals surface area (Å²) in [4.78, 5) is 36.1. The third kappa shape index (κ3) is 6.31. The van der Waals surface area contributed by atoms with Gasteiger partial charge < -0.3 is 19.7 Å². The van der Waals surface area contributed by atoms with Crippen LogP contribution in [0.1, 0.15) is 41.6 Å². The molecule has 34 heavy (non-hydrogen) atoms. The monoisotopic (exact) mass is 460 g/mol. The number of amides is 2. The largest absolute Gasteiger partial charge is 0.490 e. The lowest BCUT2D eigenvalue weighted by Gasteiger charge is -2.23. The van der Waals surface area contributed by atoms with Gasteiger partial charge in [-0.1, -0.05) is 31.0 Å². The molecule has 0 radical (unpaired) electrons. The Balaban J connectivity index is 1.54. The molecular weight excluding hydrogens is 432 g/mol. The summed E-state index contributed by atoms with van der Waals surface area (Å²) < 4.78 is 11.9. The van der Waals surface area contributed by atoms with Crippen molar-refractivity contribution in [2.75, 3.05) is 19.7 Å². The van der Waals surface area contributed by atoms with Gasteiger partial charge >= 0.3 is 0 Å². The van der Waals surface area contributed by atoms with Gasteiger partial charge in [0.25, 0.3) is 5.91 Å². The van der Waals surface area contributed by atoms with Gasteiger partial charge in [0.1, 0.15) is 5.56 Å². The van der Waals surface area contributed by atoms with Crippen LogP contribution in [0.25, 0.3) is 0 Å². The summed E-state index contributed by atoms with van der Waals surface area (Å²) in [5, 5.41) is 2.87. The Morgan fingerprint density at radius 1 is 0.971 bits per heavy atom. The molecule has 1 N–H and O–H groups in total. The third-order valence-electron chi connectivity index (χ3n) is 5.47.